The first-order chi connectivity index (χ1) is 11.2. The summed E-state index contributed by atoms with van der Waals surface area (Å²) in [5.41, 5.74) is 4.13. The number of quaternary nitrogens is 1. The van der Waals surface area contributed by atoms with Gasteiger partial charge in [0, 0.05) is 5.56 Å². The van der Waals surface area contributed by atoms with E-state index in [0.717, 1.165) is 12.2 Å². The van der Waals surface area contributed by atoms with Crippen LogP contribution in [0.5, 0.6) is 5.75 Å². The summed E-state index contributed by atoms with van der Waals surface area (Å²) in [6, 6.07) is 17.0. The van der Waals surface area contributed by atoms with Crippen molar-refractivity contribution in [3.8, 4) is 5.75 Å². The van der Waals surface area contributed by atoms with E-state index in [0.29, 0.717) is 19.2 Å². The van der Waals surface area contributed by atoms with Gasteiger partial charge in [0.2, 0.25) is 0 Å². The van der Waals surface area contributed by atoms with Crippen LogP contribution in [0, 0.1) is 0 Å². The highest BCUT2D eigenvalue weighted by atomic mass is 16.5. The molecule has 1 aliphatic carbocycles. The maximum absolute atomic E-state index is 10.1. The summed E-state index contributed by atoms with van der Waals surface area (Å²) in [6.45, 7) is 3.14. The van der Waals surface area contributed by atoms with Gasteiger partial charge in [0.05, 0.1) is 0 Å². The van der Waals surface area contributed by atoms with Crippen molar-refractivity contribution in [3.63, 3.8) is 0 Å². The van der Waals surface area contributed by atoms with E-state index >= 15 is 0 Å². The highest BCUT2D eigenvalue weighted by molar-refractivity contribution is 5.38. The number of aliphatic hydroxyl groups is 1. The molecule has 0 aromatic heterocycles. The van der Waals surface area contributed by atoms with E-state index in [-0.39, 0.29) is 0 Å². The van der Waals surface area contributed by atoms with Gasteiger partial charge in [-0.1, -0.05) is 36.4 Å². The molecule has 2 aromatic carbocycles. The highest BCUT2D eigenvalue weighted by Gasteiger charge is 2.14. The second kappa shape index (κ2) is 7.62. The molecule has 0 aliphatic heterocycles. The number of aliphatic hydroxyl groups excluding tert-OH is 1. The Kier molecular flexibility index (Phi) is 5.31. The average molecular weight is 312 g/mol. The lowest BCUT2D eigenvalue weighted by atomic mass is 10.1. The molecule has 3 N–H and O–H groups in total. The lowest BCUT2D eigenvalue weighted by Crippen LogP contribution is -2.87. The molecule has 0 unspecified atom stereocenters. The Morgan fingerprint density at radius 2 is 1.87 bits per heavy atom. The number of rotatable bonds is 7. The number of hydrogen-bond acceptors (Lipinski definition) is 2. The number of benzene rings is 2. The molecule has 0 fully saturated rings. The number of nitrogens with two attached hydrogens (primary N) is 1. The summed E-state index contributed by atoms with van der Waals surface area (Å²) >= 11 is 0. The van der Waals surface area contributed by atoms with Crippen molar-refractivity contribution >= 4 is 0 Å². The van der Waals surface area contributed by atoms with Crippen molar-refractivity contribution in [1.82, 2.24) is 0 Å². The van der Waals surface area contributed by atoms with Crippen LogP contribution in [-0.4, -0.2) is 24.4 Å². The topological polar surface area (TPSA) is 46.1 Å². The zero-order valence-electron chi connectivity index (χ0n) is 13.7. The Morgan fingerprint density at radius 1 is 1.09 bits per heavy atom. The first kappa shape index (κ1) is 16.0. The molecule has 0 saturated heterocycles. The molecule has 0 heterocycles. The van der Waals surface area contributed by atoms with Crippen molar-refractivity contribution in [1.29, 1.82) is 0 Å². The fourth-order valence-electron chi connectivity index (χ4n) is 3.15. The van der Waals surface area contributed by atoms with Crippen LogP contribution in [0.25, 0.3) is 0 Å². The maximum Gasteiger partial charge on any atom is 0.137 e. The number of hydrogen-bond donors (Lipinski definition) is 2. The smallest absolute Gasteiger partial charge is 0.137 e. The van der Waals surface area contributed by atoms with Crippen LogP contribution in [0.1, 0.15) is 36.1 Å². The zero-order chi connectivity index (χ0) is 16.1. The van der Waals surface area contributed by atoms with Crippen LogP contribution in [-0.2, 0) is 12.8 Å². The fourth-order valence-corrected chi connectivity index (χ4v) is 3.15. The van der Waals surface area contributed by atoms with Gasteiger partial charge >= 0.3 is 0 Å². The van der Waals surface area contributed by atoms with Gasteiger partial charge in [-0.25, -0.2) is 0 Å². The monoisotopic (exact) mass is 312 g/mol. The average Bonchev–Trinajstić information content (AvgIpc) is 3.06. The fraction of sp³-hybridized carbons (Fsp3) is 0.400. The largest absolute Gasteiger partial charge is 0.491 e. The Bertz CT molecular complexity index is 627. The quantitative estimate of drug-likeness (QED) is 0.823. The van der Waals surface area contributed by atoms with Gasteiger partial charge in [0.25, 0.3) is 0 Å². The molecular weight excluding hydrogens is 286 g/mol. The minimum atomic E-state index is -0.464. The number of fused-ring (bicyclic) bond motifs is 1. The first-order valence-corrected chi connectivity index (χ1v) is 8.53. The second-order valence-corrected chi connectivity index (χ2v) is 6.42. The minimum Gasteiger partial charge on any atom is -0.491 e. The van der Waals surface area contributed by atoms with Gasteiger partial charge in [0.1, 0.15) is 31.0 Å². The minimum absolute atomic E-state index is 0.339. The third-order valence-corrected chi connectivity index (χ3v) is 4.60. The van der Waals surface area contributed by atoms with E-state index in [4.69, 9.17) is 4.74 Å². The molecular formula is C20H26NO2+. The molecule has 23 heavy (non-hydrogen) atoms. The van der Waals surface area contributed by atoms with Crippen molar-refractivity contribution in [2.24, 2.45) is 0 Å². The lowest BCUT2D eigenvalue weighted by molar-refractivity contribution is -0.698. The summed E-state index contributed by atoms with van der Waals surface area (Å²) in [5, 5.41) is 12.3. The number of aryl methyl sites for hydroxylation is 2. The molecule has 0 spiro atoms. The molecule has 3 heteroatoms. The van der Waals surface area contributed by atoms with E-state index in [9.17, 15) is 5.11 Å². The third kappa shape index (κ3) is 4.34. The molecule has 0 bridgehead atoms. The summed E-state index contributed by atoms with van der Waals surface area (Å²) in [7, 11) is 0. The summed E-state index contributed by atoms with van der Waals surface area (Å²) in [6.07, 6.45) is 3.12. The van der Waals surface area contributed by atoms with Gasteiger partial charge in [-0.15, -0.1) is 0 Å². The number of ether oxygens (including phenoxy) is 1. The van der Waals surface area contributed by atoms with E-state index in [1.165, 1.54) is 29.5 Å². The summed E-state index contributed by atoms with van der Waals surface area (Å²) < 4.78 is 5.76. The lowest BCUT2D eigenvalue weighted by Gasteiger charge is -2.15. The van der Waals surface area contributed by atoms with E-state index in [1.54, 1.807) is 0 Å². The molecule has 0 radical (unpaired) electrons. The van der Waals surface area contributed by atoms with Gasteiger partial charge in [-0.2, -0.15) is 0 Å². The predicted molar refractivity (Wildman–Crippen MR) is 91.6 cm³/mol. The van der Waals surface area contributed by atoms with Crippen LogP contribution in [0.2, 0.25) is 0 Å². The van der Waals surface area contributed by atoms with Crippen LogP contribution < -0.4 is 10.1 Å². The predicted octanol–water partition coefficient (Wildman–Crippen LogP) is 2.24. The zero-order valence-corrected chi connectivity index (χ0v) is 13.7. The van der Waals surface area contributed by atoms with Crippen LogP contribution in [0.4, 0.5) is 0 Å². The maximum atomic E-state index is 10.1. The van der Waals surface area contributed by atoms with Crippen LogP contribution in [0.3, 0.4) is 0 Å². The van der Waals surface area contributed by atoms with Crippen molar-refractivity contribution in [2.75, 3.05) is 13.2 Å². The molecule has 1 aliphatic rings. The van der Waals surface area contributed by atoms with E-state index < -0.39 is 6.10 Å². The third-order valence-electron chi connectivity index (χ3n) is 4.60. The second-order valence-electron chi connectivity index (χ2n) is 6.42. The molecule has 0 saturated carbocycles. The molecule has 2 atom stereocenters. The Morgan fingerprint density at radius 3 is 2.70 bits per heavy atom. The molecule has 3 rings (SSSR count). The van der Waals surface area contributed by atoms with Gasteiger partial charge in [0.15, 0.2) is 0 Å². The van der Waals surface area contributed by atoms with Crippen molar-refractivity contribution in [2.45, 2.75) is 38.3 Å². The Labute approximate surface area is 138 Å². The highest BCUT2D eigenvalue weighted by Crippen LogP contribution is 2.26. The van der Waals surface area contributed by atoms with Gasteiger partial charge < -0.3 is 15.2 Å². The molecule has 2 aromatic rings. The summed E-state index contributed by atoms with van der Waals surface area (Å²) in [4.78, 5) is 0. The van der Waals surface area contributed by atoms with Gasteiger partial charge in [-0.05, 0) is 49.4 Å². The first-order valence-electron chi connectivity index (χ1n) is 8.53. The van der Waals surface area contributed by atoms with Gasteiger partial charge in [-0.3, -0.25) is 0 Å². The standard InChI is InChI=1S/C20H25NO2/c1-15(16-6-3-2-4-7-16)21-13-19(22)14-23-20-11-10-17-8-5-9-18(17)12-20/h2-4,6-7,10-12,15,19,21-22H,5,8-9,13-14H2,1H3/p+1/t15-,19-/m0/s1. The molecule has 3 nitrogen and oxygen atoms in total. The molecule has 0 amide bonds. The van der Waals surface area contributed by atoms with E-state index in [2.05, 4.69) is 36.5 Å². The van der Waals surface area contributed by atoms with E-state index in [1.807, 2.05) is 24.3 Å². The van der Waals surface area contributed by atoms with Crippen LogP contribution >= 0.6 is 0 Å². The summed E-state index contributed by atoms with van der Waals surface area (Å²) in [5.74, 6) is 0.876. The normalized spacial score (nSPS) is 15.9. The van der Waals surface area contributed by atoms with Crippen molar-refractivity contribution in [3.05, 3.63) is 65.2 Å². The SMILES string of the molecule is C[C@H]([NH2+]C[C@H](O)COc1ccc2c(c1)CCC2)c1ccccc1. The van der Waals surface area contributed by atoms with Crippen LogP contribution in [0.15, 0.2) is 48.5 Å². The van der Waals surface area contributed by atoms with Crippen molar-refractivity contribution < 1.29 is 15.2 Å². The Balaban J connectivity index is 1.44. The Hall–Kier alpha value is -1.84. The molecule has 122 valence electrons.